The third-order valence-corrected chi connectivity index (χ3v) is 4.92. The zero-order chi connectivity index (χ0) is 19.9. The number of anilines is 1. The Bertz CT molecular complexity index is 1090. The molecule has 11 heteroatoms. The van der Waals surface area contributed by atoms with E-state index in [4.69, 9.17) is 23.2 Å². The van der Waals surface area contributed by atoms with Crippen LogP contribution in [0.2, 0.25) is 0 Å². The number of nitrogens with one attached hydrogen (secondary N) is 2. The summed E-state index contributed by atoms with van der Waals surface area (Å²) >= 11 is 12.8. The molecular weight excluding hydrogens is 426 g/mol. The van der Waals surface area contributed by atoms with Crippen LogP contribution in [0, 0.1) is 6.92 Å². The topological polar surface area (TPSA) is 74.8 Å². The molecule has 0 unspecified atom stereocenters. The summed E-state index contributed by atoms with van der Waals surface area (Å²) in [5.74, 6) is -0.869. The summed E-state index contributed by atoms with van der Waals surface area (Å²) in [6.45, 7) is 1.77. The molecule has 2 heterocycles. The number of para-hydroxylation sites is 1. The number of hydrogen-bond acceptors (Lipinski definition) is 4. The number of pyridine rings is 1. The second-order valence-electron chi connectivity index (χ2n) is 5.50. The van der Waals surface area contributed by atoms with Gasteiger partial charge in [0.05, 0.1) is 16.8 Å². The van der Waals surface area contributed by atoms with Crippen LogP contribution in [-0.4, -0.2) is 15.9 Å². The van der Waals surface area contributed by atoms with Crippen molar-refractivity contribution in [1.29, 1.82) is 0 Å². The Morgan fingerprint density at radius 1 is 1.33 bits per heavy atom. The van der Waals surface area contributed by atoms with Gasteiger partial charge < -0.3 is 4.98 Å². The number of hydrogen-bond donors (Lipinski definition) is 2. The number of thiazole rings is 1. The number of aryl methyl sites for hydroxylation is 1. The Labute approximate surface area is 164 Å². The second-order valence-corrected chi connectivity index (χ2v) is 7.83. The Hall–Kier alpha value is -2.10. The van der Waals surface area contributed by atoms with Crippen molar-refractivity contribution in [3.63, 3.8) is 0 Å². The summed E-state index contributed by atoms with van der Waals surface area (Å²) < 4.78 is 39.8. The monoisotopic (exact) mass is 435 g/mol. The zero-order valence-corrected chi connectivity index (χ0v) is 15.8. The van der Waals surface area contributed by atoms with Crippen LogP contribution in [-0.2, 0) is 6.18 Å². The Morgan fingerprint density at radius 3 is 2.59 bits per heavy atom. The highest BCUT2D eigenvalue weighted by molar-refractivity contribution is 7.15. The lowest BCUT2D eigenvalue weighted by molar-refractivity contribution is -0.136. The van der Waals surface area contributed by atoms with Gasteiger partial charge in [0.1, 0.15) is 10.4 Å². The standard InChI is InChI=1S/C16H10Cl2F3N3O2S/c1-6-5-22-15(27-6)24-14(26)9-11(13(17)18)23-10-7(12(9)25)3-2-4-8(10)16(19,20)21/h2-5,13H,1H3,(H,23,25)(H,22,24,26). The van der Waals surface area contributed by atoms with Gasteiger partial charge in [-0.25, -0.2) is 4.98 Å². The minimum absolute atomic E-state index is 0.229. The molecule has 2 N–H and O–H groups in total. The largest absolute Gasteiger partial charge is 0.418 e. The van der Waals surface area contributed by atoms with Gasteiger partial charge in [0.2, 0.25) is 5.43 Å². The first-order valence-corrected chi connectivity index (χ1v) is 9.06. The highest BCUT2D eigenvalue weighted by Gasteiger charge is 2.34. The maximum Gasteiger partial charge on any atom is 0.418 e. The van der Waals surface area contributed by atoms with Crippen LogP contribution >= 0.6 is 34.5 Å². The number of rotatable bonds is 3. The smallest absolute Gasteiger partial charge is 0.355 e. The molecule has 0 atom stereocenters. The molecule has 1 amide bonds. The summed E-state index contributed by atoms with van der Waals surface area (Å²) in [4.78, 5) is 31.1. The van der Waals surface area contributed by atoms with E-state index >= 15 is 0 Å². The van der Waals surface area contributed by atoms with Gasteiger partial charge >= 0.3 is 6.18 Å². The average Bonchev–Trinajstić information content (AvgIpc) is 2.97. The van der Waals surface area contributed by atoms with Crippen molar-refractivity contribution in [1.82, 2.24) is 9.97 Å². The molecule has 1 aromatic carbocycles. The number of amides is 1. The third-order valence-electron chi connectivity index (χ3n) is 3.66. The van der Waals surface area contributed by atoms with E-state index in [9.17, 15) is 22.8 Å². The first-order chi connectivity index (χ1) is 12.6. The normalized spacial score (nSPS) is 12.0. The number of aromatic amines is 1. The molecule has 0 fully saturated rings. The van der Waals surface area contributed by atoms with Gasteiger partial charge in [0.15, 0.2) is 5.13 Å². The molecule has 0 saturated carbocycles. The van der Waals surface area contributed by atoms with E-state index in [-0.39, 0.29) is 16.2 Å². The van der Waals surface area contributed by atoms with Crippen molar-refractivity contribution in [2.24, 2.45) is 0 Å². The molecule has 0 radical (unpaired) electrons. The second kappa shape index (κ2) is 7.14. The van der Waals surface area contributed by atoms with Crippen molar-refractivity contribution in [2.45, 2.75) is 17.9 Å². The zero-order valence-electron chi connectivity index (χ0n) is 13.4. The van der Waals surface area contributed by atoms with Gasteiger partial charge in [-0.1, -0.05) is 29.3 Å². The van der Waals surface area contributed by atoms with Crippen LogP contribution in [0.1, 0.15) is 31.3 Å². The fourth-order valence-electron chi connectivity index (χ4n) is 2.53. The summed E-state index contributed by atoms with van der Waals surface area (Å²) in [7, 11) is 0. The SMILES string of the molecule is Cc1cnc(NC(=O)c2c(C(Cl)Cl)[nH]c3c(C(F)(F)F)cccc3c2=O)s1. The number of benzene rings is 1. The molecule has 0 saturated heterocycles. The molecule has 0 aliphatic heterocycles. The van der Waals surface area contributed by atoms with Gasteiger partial charge in [-0.05, 0) is 19.1 Å². The molecule has 27 heavy (non-hydrogen) atoms. The minimum Gasteiger partial charge on any atom is -0.355 e. The third kappa shape index (κ3) is 3.80. The Morgan fingerprint density at radius 2 is 2.04 bits per heavy atom. The van der Waals surface area contributed by atoms with Gasteiger partial charge in [0.25, 0.3) is 5.91 Å². The van der Waals surface area contributed by atoms with Crippen molar-refractivity contribution in [3.8, 4) is 0 Å². The van der Waals surface area contributed by atoms with Crippen molar-refractivity contribution in [3.05, 3.63) is 56.3 Å². The molecule has 2 aromatic heterocycles. The van der Waals surface area contributed by atoms with Crippen molar-refractivity contribution >= 4 is 56.5 Å². The molecule has 3 aromatic rings. The molecule has 0 aliphatic rings. The van der Waals surface area contributed by atoms with E-state index in [1.54, 1.807) is 6.92 Å². The van der Waals surface area contributed by atoms with E-state index in [0.717, 1.165) is 17.0 Å². The van der Waals surface area contributed by atoms with Crippen LogP contribution < -0.4 is 10.7 Å². The van der Waals surface area contributed by atoms with E-state index in [1.807, 2.05) is 0 Å². The lowest BCUT2D eigenvalue weighted by Gasteiger charge is -2.15. The van der Waals surface area contributed by atoms with Crippen LogP contribution in [0.15, 0.2) is 29.2 Å². The van der Waals surface area contributed by atoms with Gasteiger partial charge in [0, 0.05) is 16.5 Å². The van der Waals surface area contributed by atoms with Crippen molar-refractivity contribution in [2.75, 3.05) is 5.32 Å². The Balaban J connectivity index is 2.23. The fourth-order valence-corrected chi connectivity index (χ4v) is 3.51. The van der Waals surface area contributed by atoms with Crippen molar-refractivity contribution < 1.29 is 18.0 Å². The lowest BCUT2D eigenvalue weighted by Crippen LogP contribution is -2.26. The molecular formula is C16H10Cl2F3N3O2S. The van der Waals surface area contributed by atoms with Gasteiger partial charge in [-0.15, -0.1) is 11.3 Å². The molecule has 0 bridgehead atoms. The number of alkyl halides is 5. The predicted molar refractivity (Wildman–Crippen MR) is 98.8 cm³/mol. The number of halogens is 5. The highest BCUT2D eigenvalue weighted by Crippen LogP contribution is 2.35. The molecule has 5 nitrogen and oxygen atoms in total. The van der Waals surface area contributed by atoms with Crippen LogP contribution in [0.5, 0.6) is 0 Å². The number of H-pyrrole nitrogens is 1. The van der Waals surface area contributed by atoms with Gasteiger partial charge in [-0.2, -0.15) is 13.2 Å². The first-order valence-electron chi connectivity index (χ1n) is 7.37. The molecule has 0 spiro atoms. The predicted octanol–water partition coefficient (Wildman–Crippen LogP) is 5.04. The fraction of sp³-hybridized carbons (Fsp3) is 0.188. The van der Waals surface area contributed by atoms with Crippen LogP contribution in [0.25, 0.3) is 10.9 Å². The molecule has 3 rings (SSSR count). The van der Waals surface area contributed by atoms with E-state index in [2.05, 4.69) is 15.3 Å². The summed E-state index contributed by atoms with van der Waals surface area (Å²) in [6.07, 6.45) is -3.19. The molecule has 0 aliphatic carbocycles. The Kier molecular flexibility index (Phi) is 5.20. The highest BCUT2D eigenvalue weighted by atomic mass is 35.5. The number of nitrogens with zero attached hydrogens (tertiary/aromatic N) is 1. The number of carbonyl (C=O) groups excluding carboxylic acids is 1. The van der Waals surface area contributed by atoms with Gasteiger partial charge in [-0.3, -0.25) is 14.9 Å². The maximum absolute atomic E-state index is 13.3. The average molecular weight is 436 g/mol. The molecule has 142 valence electrons. The maximum atomic E-state index is 13.3. The first kappa shape index (κ1) is 19.7. The van der Waals surface area contributed by atoms with Crippen LogP contribution in [0.4, 0.5) is 18.3 Å². The van der Waals surface area contributed by atoms with E-state index < -0.39 is 39.0 Å². The number of aromatic nitrogens is 2. The summed E-state index contributed by atoms with van der Waals surface area (Å²) in [6, 6.07) is 3.09. The van der Waals surface area contributed by atoms with Crippen LogP contribution in [0.3, 0.4) is 0 Å². The minimum atomic E-state index is -4.71. The summed E-state index contributed by atoms with van der Waals surface area (Å²) in [5.41, 5.74) is -3.25. The van der Waals surface area contributed by atoms with E-state index in [1.165, 1.54) is 23.6 Å². The van der Waals surface area contributed by atoms with E-state index in [0.29, 0.717) is 0 Å². The quantitative estimate of drug-likeness (QED) is 0.565. The number of carbonyl (C=O) groups is 1. The lowest BCUT2D eigenvalue weighted by atomic mass is 10.0. The summed E-state index contributed by atoms with van der Waals surface area (Å²) in [5, 5.41) is 2.36. The number of fused-ring (bicyclic) bond motifs is 1.